The van der Waals surface area contributed by atoms with Crippen molar-refractivity contribution in [1.29, 1.82) is 0 Å². The Bertz CT molecular complexity index is 823. The summed E-state index contributed by atoms with van der Waals surface area (Å²) < 4.78 is 5.90. The fraction of sp³-hybridized carbons (Fsp3) is 0.739. The highest BCUT2D eigenvalue weighted by atomic mass is 16.6. The van der Waals surface area contributed by atoms with Crippen LogP contribution in [0, 0.1) is 29.1 Å². The topological polar surface area (TPSA) is 83.8 Å². The van der Waals surface area contributed by atoms with E-state index in [0.29, 0.717) is 18.4 Å². The van der Waals surface area contributed by atoms with Gasteiger partial charge in [-0.2, -0.15) is 0 Å². The Morgan fingerprint density at radius 2 is 1.93 bits per heavy atom. The molecule has 0 unspecified atom stereocenters. The van der Waals surface area contributed by atoms with Gasteiger partial charge in [-0.3, -0.25) is 9.59 Å². The molecule has 2 N–H and O–H groups in total. The number of fused-ring (bicyclic) bond motifs is 5. The van der Waals surface area contributed by atoms with Crippen molar-refractivity contribution >= 4 is 11.8 Å². The SMILES string of the molecule is CCC1=C[C@H]2[C@H]3C(C)(C)[C@]3(OC(C)=O)C[C@@H](C)[C@]2(O)[C@@H]2C=C(C)C(=O)[C@@]2(O)C1. The Morgan fingerprint density at radius 3 is 2.50 bits per heavy atom. The van der Waals surface area contributed by atoms with Crippen molar-refractivity contribution in [2.75, 3.05) is 0 Å². The maximum absolute atomic E-state index is 12.9. The smallest absolute Gasteiger partial charge is 0.303 e. The van der Waals surface area contributed by atoms with E-state index in [1.807, 2.05) is 13.8 Å². The molecule has 5 heteroatoms. The third kappa shape index (κ3) is 2.10. The van der Waals surface area contributed by atoms with Crippen LogP contribution in [0.3, 0.4) is 0 Å². The minimum Gasteiger partial charge on any atom is -0.458 e. The van der Waals surface area contributed by atoms with Gasteiger partial charge in [0.25, 0.3) is 0 Å². The van der Waals surface area contributed by atoms with Crippen molar-refractivity contribution < 1.29 is 24.5 Å². The molecule has 0 aromatic heterocycles. The van der Waals surface area contributed by atoms with Crippen LogP contribution in [0.5, 0.6) is 0 Å². The third-order valence-corrected chi connectivity index (χ3v) is 8.45. The first-order valence-corrected chi connectivity index (χ1v) is 10.4. The number of hydrogen-bond acceptors (Lipinski definition) is 5. The Hall–Kier alpha value is -1.46. The zero-order valence-electron chi connectivity index (χ0n) is 17.7. The molecular weight excluding hydrogens is 356 g/mol. The van der Waals surface area contributed by atoms with Gasteiger partial charge in [0.2, 0.25) is 0 Å². The Balaban J connectivity index is 1.90. The molecule has 2 saturated carbocycles. The van der Waals surface area contributed by atoms with Gasteiger partial charge in [0.1, 0.15) is 11.2 Å². The molecule has 0 saturated heterocycles. The predicted octanol–water partition coefficient (Wildman–Crippen LogP) is 2.95. The van der Waals surface area contributed by atoms with Crippen LogP contribution in [0.4, 0.5) is 0 Å². The van der Waals surface area contributed by atoms with E-state index in [2.05, 4.69) is 19.9 Å². The van der Waals surface area contributed by atoms with E-state index < -0.39 is 22.7 Å². The molecular formula is C23H32O5. The fourth-order valence-corrected chi connectivity index (χ4v) is 6.99. The zero-order chi connectivity index (χ0) is 20.9. The van der Waals surface area contributed by atoms with E-state index in [9.17, 15) is 19.8 Å². The molecule has 4 rings (SSSR count). The maximum atomic E-state index is 12.9. The number of aliphatic hydroxyl groups is 2. The van der Waals surface area contributed by atoms with Crippen LogP contribution in [0.2, 0.25) is 0 Å². The highest BCUT2D eigenvalue weighted by Gasteiger charge is 2.83. The molecule has 28 heavy (non-hydrogen) atoms. The van der Waals surface area contributed by atoms with Crippen molar-refractivity contribution in [2.24, 2.45) is 29.1 Å². The van der Waals surface area contributed by atoms with Crippen LogP contribution >= 0.6 is 0 Å². The molecule has 154 valence electrons. The van der Waals surface area contributed by atoms with Gasteiger partial charge in [-0.25, -0.2) is 0 Å². The first kappa shape index (κ1) is 19.8. The molecule has 0 heterocycles. The number of carbonyl (C=O) groups is 2. The van der Waals surface area contributed by atoms with Gasteiger partial charge in [0.05, 0.1) is 5.60 Å². The van der Waals surface area contributed by atoms with Crippen LogP contribution in [-0.4, -0.2) is 38.8 Å². The Labute approximate surface area is 166 Å². The molecule has 5 nitrogen and oxygen atoms in total. The lowest BCUT2D eigenvalue weighted by Crippen LogP contribution is -2.61. The van der Waals surface area contributed by atoms with Crippen molar-refractivity contribution in [3.63, 3.8) is 0 Å². The van der Waals surface area contributed by atoms with Crippen LogP contribution < -0.4 is 0 Å². The molecule has 0 aromatic rings. The van der Waals surface area contributed by atoms with Gasteiger partial charge in [-0.05, 0) is 31.3 Å². The monoisotopic (exact) mass is 388 g/mol. The van der Waals surface area contributed by atoms with Gasteiger partial charge in [0.15, 0.2) is 5.78 Å². The second-order valence-corrected chi connectivity index (χ2v) is 10.1. The number of rotatable bonds is 2. The summed E-state index contributed by atoms with van der Waals surface area (Å²) in [5, 5.41) is 23.7. The number of ketones is 1. The molecule has 4 aliphatic rings. The average Bonchev–Trinajstić information content (AvgIpc) is 2.99. The van der Waals surface area contributed by atoms with E-state index in [1.54, 1.807) is 13.0 Å². The van der Waals surface area contributed by atoms with Crippen molar-refractivity contribution in [3.05, 3.63) is 23.3 Å². The minimum atomic E-state index is -1.59. The molecule has 0 aromatic carbocycles. The quantitative estimate of drug-likeness (QED) is 0.561. The highest BCUT2D eigenvalue weighted by Crippen LogP contribution is 2.76. The van der Waals surface area contributed by atoms with Crippen LogP contribution in [0.25, 0.3) is 0 Å². The number of carbonyl (C=O) groups excluding carboxylic acids is 2. The first-order chi connectivity index (χ1) is 12.9. The van der Waals surface area contributed by atoms with E-state index in [4.69, 9.17) is 4.74 Å². The molecule has 0 aliphatic heterocycles. The van der Waals surface area contributed by atoms with Gasteiger partial charge < -0.3 is 14.9 Å². The first-order valence-electron chi connectivity index (χ1n) is 10.4. The highest BCUT2D eigenvalue weighted by molar-refractivity contribution is 6.04. The largest absolute Gasteiger partial charge is 0.458 e. The number of esters is 1. The second-order valence-electron chi connectivity index (χ2n) is 10.1. The second kappa shape index (κ2) is 5.57. The third-order valence-electron chi connectivity index (χ3n) is 8.45. The maximum Gasteiger partial charge on any atom is 0.303 e. The summed E-state index contributed by atoms with van der Waals surface area (Å²) in [6, 6.07) is 0. The summed E-state index contributed by atoms with van der Waals surface area (Å²) in [6.07, 6.45) is 5.35. The average molecular weight is 389 g/mol. The number of ether oxygens (including phenoxy) is 1. The predicted molar refractivity (Wildman–Crippen MR) is 104 cm³/mol. The number of hydrogen-bond donors (Lipinski definition) is 2. The number of Topliss-reactive ketones (excluding diaryl/α,β-unsaturated/α-hetero) is 1. The van der Waals surface area contributed by atoms with Crippen molar-refractivity contribution in [1.82, 2.24) is 0 Å². The van der Waals surface area contributed by atoms with Crippen molar-refractivity contribution in [3.8, 4) is 0 Å². The standard InChI is InChI=1S/C23H32O5/c1-7-15-9-16-18-20(5,6)22(18,28-14(4)24)10-13(3)23(16,27)17-8-12(2)19(25)21(17,26)11-15/h8-9,13,16-18,26-27H,7,10-11H2,1-6H3/t13-,16+,17-,18+,21-,22+,23-/m1/s1. The summed E-state index contributed by atoms with van der Waals surface area (Å²) in [4.78, 5) is 24.8. The van der Waals surface area contributed by atoms with E-state index in [1.165, 1.54) is 6.92 Å². The van der Waals surface area contributed by atoms with Gasteiger partial charge >= 0.3 is 5.97 Å². The summed E-state index contributed by atoms with van der Waals surface area (Å²) >= 11 is 0. The van der Waals surface area contributed by atoms with Gasteiger partial charge in [-0.1, -0.05) is 45.4 Å². The summed E-state index contributed by atoms with van der Waals surface area (Å²) in [6.45, 7) is 11.3. The summed E-state index contributed by atoms with van der Waals surface area (Å²) in [5.41, 5.74) is -2.23. The normalized spacial score (nSPS) is 48.5. The minimum absolute atomic E-state index is 0.0431. The molecule has 0 bridgehead atoms. The van der Waals surface area contributed by atoms with Crippen LogP contribution in [0.15, 0.2) is 23.3 Å². The van der Waals surface area contributed by atoms with Crippen LogP contribution in [0.1, 0.15) is 60.8 Å². The Morgan fingerprint density at radius 1 is 1.29 bits per heavy atom. The van der Waals surface area contributed by atoms with E-state index >= 15 is 0 Å². The lowest BCUT2D eigenvalue weighted by Gasteiger charge is -2.50. The van der Waals surface area contributed by atoms with Crippen LogP contribution in [-0.2, 0) is 14.3 Å². The Kier molecular flexibility index (Phi) is 3.95. The van der Waals surface area contributed by atoms with Gasteiger partial charge in [0, 0.05) is 36.5 Å². The van der Waals surface area contributed by atoms with Crippen molar-refractivity contribution in [2.45, 2.75) is 77.6 Å². The summed E-state index contributed by atoms with van der Waals surface area (Å²) in [7, 11) is 0. The van der Waals surface area contributed by atoms with E-state index in [0.717, 1.165) is 5.57 Å². The fourth-order valence-electron chi connectivity index (χ4n) is 6.99. The molecule has 4 aliphatic carbocycles. The molecule has 0 radical (unpaired) electrons. The zero-order valence-corrected chi connectivity index (χ0v) is 17.7. The van der Waals surface area contributed by atoms with Gasteiger partial charge in [-0.15, -0.1) is 0 Å². The lowest BCUT2D eigenvalue weighted by molar-refractivity contribution is -0.186. The van der Waals surface area contributed by atoms with E-state index in [-0.39, 0.29) is 41.3 Å². The molecule has 0 spiro atoms. The molecule has 0 amide bonds. The summed E-state index contributed by atoms with van der Waals surface area (Å²) in [5.74, 6) is -1.80. The molecule has 7 atom stereocenters. The lowest BCUT2D eigenvalue weighted by atomic mass is 9.60. The molecule has 2 fully saturated rings.